The van der Waals surface area contributed by atoms with Crippen molar-refractivity contribution in [2.45, 2.75) is 0 Å². The molecule has 0 atom stereocenters. The van der Waals surface area contributed by atoms with E-state index in [1.807, 2.05) is 35.2 Å². The molecule has 0 saturated carbocycles. The van der Waals surface area contributed by atoms with E-state index in [9.17, 15) is 9.59 Å². The molecule has 0 aromatic heterocycles. The largest absolute Gasteiger partial charge is 0.493 e. The number of nitrogens with zero attached hydrogens (tertiary/aromatic N) is 2. The number of carbonyl (C=O) groups is 2. The molecule has 2 aromatic carbocycles. The summed E-state index contributed by atoms with van der Waals surface area (Å²) >= 11 is 0. The molecule has 1 aliphatic rings. The Kier molecular flexibility index (Phi) is 7.13. The summed E-state index contributed by atoms with van der Waals surface area (Å²) in [4.78, 5) is 29.1. The Morgan fingerprint density at radius 3 is 2.13 bits per heavy atom. The molecule has 2 aromatic rings. The molecule has 8 heteroatoms. The Morgan fingerprint density at radius 2 is 1.53 bits per heavy atom. The highest BCUT2D eigenvalue weighted by atomic mass is 16.5. The van der Waals surface area contributed by atoms with Gasteiger partial charge in [-0.05, 0) is 24.3 Å². The number of hydrogen-bond donors (Lipinski definition) is 1. The van der Waals surface area contributed by atoms with E-state index in [1.54, 1.807) is 17.0 Å². The summed E-state index contributed by atoms with van der Waals surface area (Å²) in [6.07, 6.45) is 0. The zero-order valence-corrected chi connectivity index (χ0v) is 17.5. The van der Waals surface area contributed by atoms with E-state index in [2.05, 4.69) is 5.32 Å². The van der Waals surface area contributed by atoms with Crippen molar-refractivity contribution in [3.63, 3.8) is 0 Å². The second kappa shape index (κ2) is 9.98. The molecule has 0 unspecified atom stereocenters. The van der Waals surface area contributed by atoms with Gasteiger partial charge in [0.2, 0.25) is 11.7 Å². The third-order valence-corrected chi connectivity index (χ3v) is 5.02. The molecular formula is C22H27N3O5. The maximum Gasteiger partial charge on any atom is 0.257 e. The molecule has 1 heterocycles. The number of amides is 2. The SMILES string of the molecule is COc1ccc(C(=O)N2CCN(CC(=O)Nc3ccccc3)CC2)c(OC)c1OC. The highest BCUT2D eigenvalue weighted by Crippen LogP contribution is 2.40. The van der Waals surface area contributed by atoms with Crippen LogP contribution in [0.1, 0.15) is 10.4 Å². The van der Waals surface area contributed by atoms with Crippen LogP contribution in [-0.4, -0.2) is 75.7 Å². The molecule has 30 heavy (non-hydrogen) atoms. The molecular weight excluding hydrogens is 386 g/mol. The first kappa shape index (κ1) is 21.4. The number of ether oxygens (including phenoxy) is 3. The third kappa shape index (κ3) is 4.83. The summed E-state index contributed by atoms with van der Waals surface area (Å²) < 4.78 is 16.1. The van der Waals surface area contributed by atoms with Crippen LogP contribution in [0.4, 0.5) is 5.69 Å². The molecule has 1 fully saturated rings. The molecule has 0 spiro atoms. The number of benzene rings is 2. The fraction of sp³-hybridized carbons (Fsp3) is 0.364. The molecule has 1 saturated heterocycles. The van der Waals surface area contributed by atoms with Gasteiger partial charge in [-0.15, -0.1) is 0 Å². The van der Waals surface area contributed by atoms with E-state index >= 15 is 0 Å². The van der Waals surface area contributed by atoms with Gasteiger partial charge in [-0.1, -0.05) is 18.2 Å². The smallest absolute Gasteiger partial charge is 0.257 e. The molecule has 0 aliphatic carbocycles. The van der Waals surface area contributed by atoms with Gasteiger partial charge in [0, 0.05) is 31.9 Å². The van der Waals surface area contributed by atoms with E-state index in [-0.39, 0.29) is 18.4 Å². The van der Waals surface area contributed by atoms with Gasteiger partial charge in [0.1, 0.15) is 0 Å². The number of hydrogen-bond acceptors (Lipinski definition) is 6. The van der Waals surface area contributed by atoms with Crippen LogP contribution in [0.3, 0.4) is 0 Å². The zero-order chi connectivity index (χ0) is 21.5. The Balaban J connectivity index is 1.60. The predicted molar refractivity (Wildman–Crippen MR) is 114 cm³/mol. The van der Waals surface area contributed by atoms with Crippen LogP contribution < -0.4 is 19.5 Å². The minimum Gasteiger partial charge on any atom is -0.493 e. The second-order valence-corrected chi connectivity index (χ2v) is 6.86. The zero-order valence-electron chi connectivity index (χ0n) is 17.5. The van der Waals surface area contributed by atoms with Crippen LogP contribution in [-0.2, 0) is 4.79 Å². The van der Waals surface area contributed by atoms with Crippen LogP contribution in [0.15, 0.2) is 42.5 Å². The van der Waals surface area contributed by atoms with Gasteiger partial charge in [0.05, 0.1) is 33.4 Å². The second-order valence-electron chi connectivity index (χ2n) is 6.86. The van der Waals surface area contributed by atoms with Gasteiger partial charge < -0.3 is 24.4 Å². The minimum absolute atomic E-state index is 0.0671. The van der Waals surface area contributed by atoms with Crippen molar-refractivity contribution < 1.29 is 23.8 Å². The van der Waals surface area contributed by atoms with Gasteiger partial charge in [-0.2, -0.15) is 0 Å². The van der Waals surface area contributed by atoms with Crippen LogP contribution in [0.5, 0.6) is 17.2 Å². The van der Waals surface area contributed by atoms with Crippen LogP contribution >= 0.6 is 0 Å². The lowest BCUT2D eigenvalue weighted by atomic mass is 10.1. The number of methoxy groups -OCH3 is 3. The quantitative estimate of drug-likeness (QED) is 0.749. The Hall–Kier alpha value is -3.26. The first-order chi connectivity index (χ1) is 14.6. The average molecular weight is 413 g/mol. The summed E-state index contributed by atoms with van der Waals surface area (Å²) in [5.74, 6) is 1.04. The number of nitrogens with one attached hydrogen (secondary N) is 1. The minimum atomic E-state index is -0.138. The van der Waals surface area contributed by atoms with Crippen molar-refractivity contribution >= 4 is 17.5 Å². The molecule has 1 N–H and O–H groups in total. The summed E-state index contributed by atoms with van der Waals surface area (Å²) in [7, 11) is 4.54. The summed E-state index contributed by atoms with van der Waals surface area (Å²) in [5.41, 5.74) is 1.20. The first-order valence-corrected chi connectivity index (χ1v) is 9.73. The molecule has 3 rings (SSSR count). The van der Waals surface area contributed by atoms with E-state index in [0.29, 0.717) is 49.0 Å². The Morgan fingerprint density at radius 1 is 0.867 bits per heavy atom. The molecule has 160 valence electrons. The average Bonchev–Trinajstić information content (AvgIpc) is 2.78. The van der Waals surface area contributed by atoms with E-state index < -0.39 is 0 Å². The number of rotatable bonds is 7. The van der Waals surface area contributed by atoms with Gasteiger partial charge in [-0.3, -0.25) is 14.5 Å². The lowest BCUT2D eigenvalue weighted by Crippen LogP contribution is -2.50. The molecule has 1 aliphatic heterocycles. The van der Waals surface area contributed by atoms with Crippen LogP contribution in [0.25, 0.3) is 0 Å². The van der Waals surface area contributed by atoms with Crippen LogP contribution in [0, 0.1) is 0 Å². The monoisotopic (exact) mass is 413 g/mol. The predicted octanol–water partition coefficient (Wildman–Crippen LogP) is 2.11. The van der Waals surface area contributed by atoms with E-state index in [1.165, 1.54) is 21.3 Å². The molecule has 0 bridgehead atoms. The first-order valence-electron chi connectivity index (χ1n) is 9.73. The standard InChI is InChI=1S/C22H27N3O5/c1-28-18-10-9-17(20(29-2)21(18)30-3)22(27)25-13-11-24(12-14-25)15-19(26)23-16-7-5-4-6-8-16/h4-10H,11-15H2,1-3H3,(H,23,26). The fourth-order valence-corrected chi connectivity index (χ4v) is 3.47. The molecule has 8 nitrogen and oxygen atoms in total. The molecule has 2 amide bonds. The maximum atomic E-state index is 13.1. The van der Waals surface area contributed by atoms with Gasteiger partial charge >= 0.3 is 0 Å². The van der Waals surface area contributed by atoms with Crippen molar-refractivity contribution in [2.75, 3.05) is 59.4 Å². The maximum absolute atomic E-state index is 13.1. The Bertz CT molecular complexity index is 880. The number of piperazine rings is 1. The van der Waals surface area contributed by atoms with Crippen molar-refractivity contribution in [3.8, 4) is 17.2 Å². The Labute approximate surface area is 176 Å². The number of para-hydroxylation sites is 1. The lowest BCUT2D eigenvalue weighted by molar-refractivity contribution is -0.117. The third-order valence-electron chi connectivity index (χ3n) is 5.02. The summed E-state index contributed by atoms with van der Waals surface area (Å²) in [6, 6.07) is 12.7. The highest BCUT2D eigenvalue weighted by molar-refractivity contribution is 5.98. The van der Waals surface area contributed by atoms with Gasteiger partial charge in [0.25, 0.3) is 5.91 Å². The normalized spacial score (nSPS) is 14.2. The van der Waals surface area contributed by atoms with Gasteiger partial charge in [-0.25, -0.2) is 0 Å². The highest BCUT2D eigenvalue weighted by Gasteiger charge is 2.27. The molecule has 0 radical (unpaired) electrons. The van der Waals surface area contributed by atoms with Crippen molar-refractivity contribution in [1.29, 1.82) is 0 Å². The number of anilines is 1. The van der Waals surface area contributed by atoms with Crippen molar-refractivity contribution in [1.82, 2.24) is 9.80 Å². The van der Waals surface area contributed by atoms with Crippen LogP contribution in [0.2, 0.25) is 0 Å². The van der Waals surface area contributed by atoms with Crippen molar-refractivity contribution in [3.05, 3.63) is 48.0 Å². The lowest BCUT2D eigenvalue weighted by Gasteiger charge is -2.34. The fourth-order valence-electron chi connectivity index (χ4n) is 3.47. The van der Waals surface area contributed by atoms with Crippen molar-refractivity contribution in [2.24, 2.45) is 0 Å². The number of carbonyl (C=O) groups excluding carboxylic acids is 2. The summed E-state index contributed by atoms with van der Waals surface area (Å²) in [5, 5.41) is 2.88. The van der Waals surface area contributed by atoms with E-state index in [4.69, 9.17) is 14.2 Å². The summed E-state index contributed by atoms with van der Waals surface area (Å²) in [6.45, 7) is 2.56. The topological polar surface area (TPSA) is 80.3 Å². The van der Waals surface area contributed by atoms with E-state index in [0.717, 1.165) is 5.69 Å². The van der Waals surface area contributed by atoms with Gasteiger partial charge in [0.15, 0.2) is 11.5 Å².